The predicted molar refractivity (Wildman–Crippen MR) is 116 cm³/mol. The summed E-state index contributed by atoms with van der Waals surface area (Å²) in [6.45, 7) is -0.456. The molecule has 2 aromatic carbocycles. The number of hydrogen-bond donors (Lipinski definition) is 3. The first kappa shape index (κ1) is 20.2. The molecule has 0 unspecified atom stereocenters. The number of nitrogens with zero attached hydrogens (tertiary/aromatic N) is 2. The molecule has 0 fully saturated rings. The molecule has 0 aliphatic heterocycles. The molecule has 0 spiro atoms. The molecule has 2 aromatic heterocycles. The number of aliphatic hydroxyl groups excluding tert-OH is 3. The van der Waals surface area contributed by atoms with E-state index in [9.17, 15) is 20.1 Å². The van der Waals surface area contributed by atoms with Crippen molar-refractivity contribution >= 4 is 28.2 Å². The summed E-state index contributed by atoms with van der Waals surface area (Å²) in [6.07, 6.45) is 5.13. The van der Waals surface area contributed by atoms with Crippen LogP contribution in [-0.2, 0) is 19.8 Å². The average molecular weight is 420 g/mol. The highest BCUT2D eigenvalue weighted by Gasteiger charge is 2.14. The van der Waals surface area contributed by atoms with Crippen LogP contribution in [0.25, 0.3) is 22.3 Å². The van der Waals surface area contributed by atoms with Crippen molar-refractivity contribution in [2.24, 2.45) is 0 Å². The Balaban J connectivity index is 1.70. The lowest BCUT2D eigenvalue weighted by Crippen LogP contribution is -2.00. The van der Waals surface area contributed by atoms with Gasteiger partial charge in [-0.25, -0.2) is 4.98 Å². The normalized spacial score (nSPS) is 11.6. The SMILES string of the molecule is O=C(C=Cc1c(-c2ccc(CO)cc2)nc2sccn12)c1ccc(CO)c(CO)c1. The number of carbonyl (C=O) groups excluding carboxylic acids is 1. The van der Waals surface area contributed by atoms with Gasteiger partial charge in [-0.3, -0.25) is 9.20 Å². The number of aliphatic hydroxyl groups is 3. The van der Waals surface area contributed by atoms with Gasteiger partial charge in [0.2, 0.25) is 0 Å². The molecule has 7 heteroatoms. The lowest BCUT2D eigenvalue weighted by Gasteiger charge is -2.06. The maximum Gasteiger partial charge on any atom is 0.194 e. The number of aromatic nitrogens is 2. The second kappa shape index (κ2) is 8.73. The lowest BCUT2D eigenvalue weighted by molar-refractivity contribution is 0.104. The number of thiazole rings is 1. The van der Waals surface area contributed by atoms with Gasteiger partial charge in [0.05, 0.1) is 31.2 Å². The number of imidazole rings is 1. The summed E-state index contributed by atoms with van der Waals surface area (Å²) in [4.78, 5) is 18.2. The van der Waals surface area contributed by atoms with Crippen LogP contribution in [0.4, 0.5) is 0 Å². The zero-order chi connectivity index (χ0) is 21.1. The second-order valence-corrected chi connectivity index (χ2v) is 7.63. The van der Waals surface area contributed by atoms with Crippen molar-refractivity contribution in [3.63, 3.8) is 0 Å². The van der Waals surface area contributed by atoms with Gasteiger partial charge in [0.1, 0.15) is 0 Å². The summed E-state index contributed by atoms with van der Waals surface area (Å²) >= 11 is 1.51. The number of fused-ring (bicyclic) bond motifs is 1. The molecule has 0 aliphatic rings. The number of hydrogen-bond acceptors (Lipinski definition) is 6. The summed E-state index contributed by atoms with van der Waals surface area (Å²) in [5.41, 5.74) is 4.82. The fraction of sp³-hybridized carbons (Fsp3) is 0.130. The van der Waals surface area contributed by atoms with E-state index in [2.05, 4.69) is 0 Å². The van der Waals surface area contributed by atoms with Gasteiger partial charge in [-0.1, -0.05) is 36.4 Å². The summed E-state index contributed by atoms with van der Waals surface area (Å²) in [5.74, 6) is -0.207. The van der Waals surface area contributed by atoms with E-state index in [1.807, 2.05) is 40.2 Å². The molecule has 0 saturated heterocycles. The standard InChI is InChI=1S/C23H20N2O4S/c26-12-15-1-3-16(4-2-15)22-20(25-9-10-30-23(25)24-22)7-8-21(29)17-5-6-18(13-27)19(11-17)14-28/h1-11,26-28H,12-14H2. The van der Waals surface area contributed by atoms with E-state index in [-0.39, 0.29) is 25.6 Å². The molecule has 152 valence electrons. The molecule has 0 bridgehead atoms. The molecule has 30 heavy (non-hydrogen) atoms. The van der Waals surface area contributed by atoms with Gasteiger partial charge in [0.15, 0.2) is 10.7 Å². The van der Waals surface area contributed by atoms with Crippen molar-refractivity contribution in [1.82, 2.24) is 9.38 Å². The summed E-state index contributed by atoms with van der Waals surface area (Å²) in [6, 6.07) is 12.4. The van der Waals surface area contributed by atoms with Crippen LogP contribution >= 0.6 is 11.3 Å². The van der Waals surface area contributed by atoms with Gasteiger partial charge in [0, 0.05) is 22.7 Å². The molecule has 0 amide bonds. The molecule has 3 N–H and O–H groups in total. The first-order valence-corrected chi connectivity index (χ1v) is 10.2. The highest BCUT2D eigenvalue weighted by Crippen LogP contribution is 2.28. The third-order valence-corrected chi connectivity index (χ3v) is 5.69. The van der Waals surface area contributed by atoms with Crippen molar-refractivity contribution in [3.8, 4) is 11.3 Å². The minimum atomic E-state index is -0.243. The number of rotatable bonds is 7. The Morgan fingerprint density at radius 1 is 1.00 bits per heavy atom. The van der Waals surface area contributed by atoms with Crippen LogP contribution in [0.5, 0.6) is 0 Å². The summed E-state index contributed by atoms with van der Waals surface area (Å²) in [7, 11) is 0. The smallest absolute Gasteiger partial charge is 0.194 e. The van der Waals surface area contributed by atoms with E-state index in [1.54, 1.807) is 24.3 Å². The maximum atomic E-state index is 12.7. The Morgan fingerprint density at radius 2 is 1.77 bits per heavy atom. The van der Waals surface area contributed by atoms with Gasteiger partial charge >= 0.3 is 0 Å². The van der Waals surface area contributed by atoms with Crippen molar-refractivity contribution in [2.45, 2.75) is 19.8 Å². The molecule has 0 saturated carbocycles. The van der Waals surface area contributed by atoms with Gasteiger partial charge in [0.25, 0.3) is 0 Å². The molecule has 2 heterocycles. The van der Waals surface area contributed by atoms with Crippen LogP contribution in [0.15, 0.2) is 60.1 Å². The third-order valence-electron chi connectivity index (χ3n) is 4.93. The Morgan fingerprint density at radius 3 is 2.47 bits per heavy atom. The Bertz CT molecular complexity index is 1220. The first-order valence-electron chi connectivity index (χ1n) is 9.36. The van der Waals surface area contributed by atoms with Crippen LogP contribution < -0.4 is 0 Å². The second-order valence-electron chi connectivity index (χ2n) is 6.75. The number of ketones is 1. The number of benzene rings is 2. The number of allylic oxidation sites excluding steroid dienone is 1. The molecule has 4 rings (SSSR count). The molecule has 4 aromatic rings. The zero-order valence-electron chi connectivity index (χ0n) is 16.0. The van der Waals surface area contributed by atoms with Crippen molar-refractivity contribution in [3.05, 3.63) is 88.1 Å². The van der Waals surface area contributed by atoms with Crippen molar-refractivity contribution in [1.29, 1.82) is 0 Å². The molecule has 0 radical (unpaired) electrons. The van der Waals surface area contributed by atoms with E-state index >= 15 is 0 Å². The minimum absolute atomic E-state index is 0.0231. The van der Waals surface area contributed by atoms with Crippen LogP contribution in [0.2, 0.25) is 0 Å². The molecular formula is C23H20N2O4S. The molecule has 6 nitrogen and oxygen atoms in total. The Labute approximate surface area is 177 Å². The van der Waals surface area contributed by atoms with Crippen molar-refractivity contribution < 1.29 is 20.1 Å². The lowest BCUT2D eigenvalue weighted by atomic mass is 10.0. The monoisotopic (exact) mass is 420 g/mol. The van der Waals surface area contributed by atoms with E-state index in [1.165, 1.54) is 17.4 Å². The summed E-state index contributed by atoms with van der Waals surface area (Å²) in [5, 5.41) is 30.0. The quantitative estimate of drug-likeness (QED) is 0.315. The zero-order valence-corrected chi connectivity index (χ0v) is 16.8. The molecular weight excluding hydrogens is 400 g/mol. The van der Waals surface area contributed by atoms with Crippen molar-refractivity contribution in [2.75, 3.05) is 0 Å². The maximum absolute atomic E-state index is 12.7. The average Bonchev–Trinajstić information content (AvgIpc) is 3.38. The van der Waals surface area contributed by atoms with E-state index < -0.39 is 0 Å². The number of carbonyl (C=O) groups is 1. The Hall–Kier alpha value is -3.10. The van der Waals surface area contributed by atoms with E-state index in [0.717, 1.165) is 27.5 Å². The van der Waals surface area contributed by atoms with Gasteiger partial charge in [-0.05, 0) is 34.9 Å². The topological polar surface area (TPSA) is 95.1 Å². The van der Waals surface area contributed by atoms with Crippen LogP contribution in [0, 0.1) is 0 Å². The minimum Gasteiger partial charge on any atom is -0.392 e. The fourth-order valence-electron chi connectivity index (χ4n) is 3.27. The third kappa shape index (κ3) is 3.83. The van der Waals surface area contributed by atoms with Crippen LogP contribution in [-0.4, -0.2) is 30.5 Å². The summed E-state index contributed by atoms with van der Waals surface area (Å²) < 4.78 is 1.93. The largest absolute Gasteiger partial charge is 0.392 e. The van der Waals surface area contributed by atoms with Crippen LogP contribution in [0.3, 0.4) is 0 Å². The van der Waals surface area contributed by atoms with Gasteiger partial charge < -0.3 is 15.3 Å². The highest BCUT2D eigenvalue weighted by atomic mass is 32.1. The Kier molecular flexibility index (Phi) is 5.87. The fourth-order valence-corrected chi connectivity index (χ4v) is 4.00. The van der Waals surface area contributed by atoms with E-state index in [0.29, 0.717) is 16.7 Å². The molecule has 0 aliphatic carbocycles. The first-order chi connectivity index (χ1) is 14.6. The van der Waals surface area contributed by atoms with Gasteiger partial charge in [-0.15, -0.1) is 11.3 Å². The van der Waals surface area contributed by atoms with Gasteiger partial charge in [-0.2, -0.15) is 0 Å². The predicted octanol–water partition coefficient (Wildman–Crippen LogP) is 3.44. The van der Waals surface area contributed by atoms with E-state index in [4.69, 9.17) is 4.98 Å². The molecule has 0 atom stereocenters. The van der Waals surface area contributed by atoms with Crippen LogP contribution in [0.1, 0.15) is 32.7 Å². The highest BCUT2D eigenvalue weighted by molar-refractivity contribution is 7.15.